The van der Waals surface area contributed by atoms with Gasteiger partial charge in [-0.1, -0.05) is 32.9 Å². The second-order valence-electron chi connectivity index (χ2n) is 5.98. The normalized spacial score (nSPS) is 11.4. The number of hydrogen-bond donors (Lipinski definition) is 2. The maximum Gasteiger partial charge on any atom is 0.230 e. The highest BCUT2D eigenvalue weighted by molar-refractivity contribution is 7.09. The number of hydrogen-bond acceptors (Lipinski definition) is 4. The summed E-state index contributed by atoms with van der Waals surface area (Å²) in [6.45, 7) is 6.28. The van der Waals surface area contributed by atoms with Crippen molar-refractivity contribution >= 4 is 22.9 Å². The number of nitrogens with one attached hydrogen (secondary N) is 1. The number of thiazole rings is 1. The van der Waals surface area contributed by atoms with E-state index in [9.17, 15) is 4.79 Å². The number of aliphatic hydroxyl groups excluding tert-OH is 1. The minimum absolute atomic E-state index is 0.00878. The smallest absolute Gasteiger partial charge is 0.230 e. The molecule has 0 saturated heterocycles. The van der Waals surface area contributed by atoms with Crippen molar-refractivity contribution in [3.63, 3.8) is 0 Å². The Balaban J connectivity index is 2.00. The van der Waals surface area contributed by atoms with Gasteiger partial charge < -0.3 is 10.4 Å². The van der Waals surface area contributed by atoms with Crippen LogP contribution < -0.4 is 5.32 Å². The Morgan fingerprint density at radius 1 is 1.38 bits per heavy atom. The summed E-state index contributed by atoms with van der Waals surface area (Å²) in [6.07, 6.45) is 0.260. The molecular formula is C16H20N2O2S. The first-order chi connectivity index (χ1) is 9.88. The fourth-order valence-electron chi connectivity index (χ4n) is 1.85. The van der Waals surface area contributed by atoms with Crippen LogP contribution >= 0.6 is 11.3 Å². The molecule has 0 atom stereocenters. The number of aromatic nitrogens is 1. The fraction of sp³-hybridized carbons (Fsp3) is 0.375. The minimum atomic E-state index is -0.101. The van der Waals surface area contributed by atoms with Crippen molar-refractivity contribution in [3.05, 3.63) is 45.9 Å². The van der Waals surface area contributed by atoms with E-state index in [1.54, 1.807) is 23.5 Å². The molecule has 0 radical (unpaired) electrons. The van der Waals surface area contributed by atoms with Gasteiger partial charge in [0.1, 0.15) is 0 Å². The van der Waals surface area contributed by atoms with Gasteiger partial charge >= 0.3 is 0 Å². The lowest BCUT2D eigenvalue weighted by molar-refractivity contribution is -0.115. The van der Waals surface area contributed by atoms with Gasteiger partial charge in [-0.3, -0.25) is 4.79 Å². The van der Waals surface area contributed by atoms with Crippen molar-refractivity contribution in [2.75, 3.05) is 5.32 Å². The lowest BCUT2D eigenvalue weighted by Crippen LogP contribution is -2.15. The number of carbonyl (C=O) groups excluding carboxylic acids is 1. The lowest BCUT2D eigenvalue weighted by Gasteiger charge is -2.13. The van der Waals surface area contributed by atoms with Crippen LogP contribution in [0.25, 0.3) is 0 Å². The average Bonchev–Trinajstić information content (AvgIpc) is 2.87. The van der Waals surface area contributed by atoms with Crippen LogP contribution in [0.2, 0.25) is 0 Å². The van der Waals surface area contributed by atoms with Gasteiger partial charge in [-0.15, -0.1) is 11.3 Å². The quantitative estimate of drug-likeness (QED) is 0.912. The molecule has 0 fully saturated rings. The SMILES string of the molecule is CC(C)(C)c1nc(CC(=O)Nc2cccc(CO)c2)cs1. The molecule has 0 bridgehead atoms. The summed E-state index contributed by atoms with van der Waals surface area (Å²) in [5.74, 6) is -0.101. The zero-order valence-electron chi connectivity index (χ0n) is 12.5. The van der Waals surface area contributed by atoms with Crippen molar-refractivity contribution in [3.8, 4) is 0 Å². The van der Waals surface area contributed by atoms with E-state index >= 15 is 0 Å². The molecule has 0 saturated carbocycles. The Hall–Kier alpha value is -1.72. The van der Waals surface area contributed by atoms with Crippen LogP contribution in [0.5, 0.6) is 0 Å². The topological polar surface area (TPSA) is 62.2 Å². The van der Waals surface area contributed by atoms with E-state index in [-0.39, 0.29) is 24.3 Å². The molecular weight excluding hydrogens is 284 g/mol. The summed E-state index contributed by atoms with van der Waals surface area (Å²) < 4.78 is 0. The van der Waals surface area contributed by atoms with Gasteiger partial charge in [0.25, 0.3) is 0 Å². The molecule has 0 unspecified atom stereocenters. The highest BCUT2D eigenvalue weighted by Gasteiger charge is 2.18. The summed E-state index contributed by atoms with van der Waals surface area (Å²) in [6, 6.07) is 7.19. The van der Waals surface area contributed by atoms with Crippen LogP contribution in [0, 0.1) is 0 Å². The molecule has 0 spiro atoms. The monoisotopic (exact) mass is 304 g/mol. The zero-order chi connectivity index (χ0) is 15.5. The molecule has 4 nitrogen and oxygen atoms in total. The number of benzene rings is 1. The van der Waals surface area contributed by atoms with Gasteiger partial charge in [0.05, 0.1) is 23.7 Å². The van der Waals surface area contributed by atoms with E-state index in [1.807, 2.05) is 17.5 Å². The first-order valence-electron chi connectivity index (χ1n) is 6.83. The summed E-state index contributed by atoms with van der Waals surface area (Å²) >= 11 is 1.59. The maximum absolute atomic E-state index is 12.0. The van der Waals surface area contributed by atoms with E-state index in [1.165, 1.54) is 0 Å². The molecule has 2 aromatic rings. The number of nitrogens with zero attached hydrogens (tertiary/aromatic N) is 1. The zero-order valence-corrected chi connectivity index (χ0v) is 13.3. The number of carbonyl (C=O) groups is 1. The molecule has 0 aliphatic heterocycles. The van der Waals surface area contributed by atoms with Crippen molar-refractivity contribution in [2.45, 2.75) is 39.2 Å². The number of amides is 1. The van der Waals surface area contributed by atoms with Crippen LogP contribution in [0.4, 0.5) is 5.69 Å². The van der Waals surface area contributed by atoms with Gasteiger partial charge in [-0.05, 0) is 17.7 Å². The van der Waals surface area contributed by atoms with Crippen molar-refractivity contribution in [1.82, 2.24) is 4.98 Å². The Kier molecular flexibility index (Phi) is 4.75. The molecule has 0 aliphatic rings. The molecule has 2 rings (SSSR count). The second kappa shape index (κ2) is 6.37. The Morgan fingerprint density at radius 3 is 2.76 bits per heavy atom. The fourth-order valence-corrected chi connectivity index (χ4v) is 2.76. The number of rotatable bonds is 4. The van der Waals surface area contributed by atoms with Crippen LogP contribution in [-0.4, -0.2) is 16.0 Å². The summed E-state index contributed by atoms with van der Waals surface area (Å²) in [5, 5.41) is 14.9. The summed E-state index contributed by atoms with van der Waals surface area (Å²) in [4.78, 5) is 16.5. The van der Waals surface area contributed by atoms with Gasteiger partial charge in [0.2, 0.25) is 5.91 Å². The van der Waals surface area contributed by atoms with Gasteiger partial charge in [-0.2, -0.15) is 0 Å². The molecule has 21 heavy (non-hydrogen) atoms. The molecule has 1 aromatic heterocycles. The van der Waals surface area contributed by atoms with E-state index in [0.717, 1.165) is 16.3 Å². The number of anilines is 1. The third-order valence-corrected chi connectivity index (χ3v) is 4.25. The molecule has 112 valence electrons. The van der Waals surface area contributed by atoms with Crippen molar-refractivity contribution in [2.24, 2.45) is 0 Å². The molecule has 1 amide bonds. The highest BCUT2D eigenvalue weighted by atomic mass is 32.1. The molecule has 5 heteroatoms. The van der Waals surface area contributed by atoms with Gasteiger partial charge in [-0.25, -0.2) is 4.98 Å². The van der Waals surface area contributed by atoms with E-state index < -0.39 is 0 Å². The Bertz CT molecular complexity index is 629. The van der Waals surface area contributed by atoms with Crippen molar-refractivity contribution < 1.29 is 9.90 Å². The Morgan fingerprint density at radius 2 is 2.14 bits per heavy atom. The lowest BCUT2D eigenvalue weighted by atomic mass is 9.98. The van der Waals surface area contributed by atoms with Crippen molar-refractivity contribution in [1.29, 1.82) is 0 Å². The van der Waals surface area contributed by atoms with E-state index in [4.69, 9.17) is 5.11 Å². The largest absolute Gasteiger partial charge is 0.392 e. The second-order valence-corrected chi connectivity index (χ2v) is 6.84. The molecule has 1 aromatic carbocycles. The van der Waals surface area contributed by atoms with E-state index in [2.05, 4.69) is 31.1 Å². The van der Waals surface area contributed by atoms with Crippen LogP contribution in [-0.2, 0) is 23.2 Å². The summed E-state index contributed by atoms with van der Waals surface area (Å²) in [7, 11) is 0. The third kappa shape index (κ3) is 4.37. The molecule has 2 N–H and O–H groups in total. The maximum atomic E-state index is 12.0. The third-order valence-electron chi connectivity index (χ3n) is 2.93. The van der Waals surface area contributed by atoms with Crippen LogP contribution in [0.1, 0.15) is 37.0 Å². The first kappa shape index (κ1) is 15.7. The van der Waals surface area contributed by atoms with E-state index in [0.29, 0.717) is 5.69 Å². The van der Waals surface area contributed by atoms with Crippen LogP contribution in [0.15, 0.2) is 29.6 Å². The standard InChI is InChI=1S/C16H20N2O2S/c1-16(2,3)15-18-13(10-21-15)8-14(20)17-12-6-4-5-11(7-12)9-19/h4-7,10,19H,8-9H2,1-3H3,(H,17,20). The molecule has 0 aliphatic carbocycles. The molecule has 1 heterocycles. The predicted molar refractivity (Wildman–Crippen MR) is 85.5 cm³/mol. The van der Waals surface area contributed by atoms with Gasteiger partial charge in [0.15, 0.2) is 0 Å². The average molecular weight is 304 g/mol. The first-order valence-corrected chi connectivity index (χ1v) is 7.71. The highest BCUT2D eigenvalue weighted by Crippen LogP contribution is 2.25. The number of aliphatic hydroxyl groups is 1. The van der Waals surface area contributed by atoms with Crippen LogP contribution in [0.3, 0.4) is 0 Å². The summed E-state index contributed by atoms with van der Waals surface area (Å²) in [5.41, 5.74) is 2.27. The Labute approximate surface area is 128 Å². The van der Waals surface area contributed by atoms with Gasteiger partial charge in [0, 0.05) is 16.5 Å². The minimum Gasteiger partial charge on any atom is -0.392 e. The predicted octanol–water partition coefficient (Wildman–Crippen LogP) is 3.11.